The smallest absolute Gasteiger partial charge is 0.191 e. The SMILES string of the molecule is CCNC(=NCc1cc(F)ccc1F)NCC1CCN(c2ccccc2OC)C1. The predicted octanol–water partition coefficient (Wildman–Crippen LogP) is 3.56. The summed E-state index contributed by atoms with van der Waals surface area (Å²) in [6.45, 7) is 5.38. The van der Waals surface area contributed by atoms with Crippen LogP contribution in [0, 0.1) is 17.6 Å². The molecule has 1 unspecified atom stereocenters. The molecule has 1 aliphatic rings. The number of hydrogen-bond acceptors (Lipinski definition) is 3. The first-order valence-electron chi connectivity index (χ1n) is 9.94. The average Bonchev–Trinajstić information content (AvgIpc) is 3.21. The number of nitrogens with one attached hydrogen (secondary N) is 2. The van der Waals surface area contributed by atoms with Gasteiger partial charge in [-0.1, -0.05) is 12.1 Å². The standard InChI is InChI=1S/C22H28F2N4O/c1-3-25-22(27-14-17-12-18(23)8-9-19(17)24)26-13-16-10-11-28(15-16)20-6-4-5-7-21(20)29-2/h4-9,12,16H,3,10-11,13-15H2,1-2H3,(H2,25,26,27). The molecule has 0 amide bonds. The Bertz CT molecular complexity index is 843. The lowest BCUT2D eigenvalue weighted by Crippen LogP contribution is -2.40. The first kappa shape index (κ1) is 20.9. The summed E-state index contributed by atoms with van der Waals surface area (Å²) in [6, 6.07) is 11.5. The first-order valence-corrected chi connectivity index (χ1v) is 9.94. The van der Waals surface area contributed by atoms with E-state index >= 15 is 0 Å². The van der Waals surface area contributed by atoms with Crippen molar-refractivity contribution >= 4 is 11.6 Å². The Hall–Kier alpha value is -2.83. The minimum atomic E-state index is -0.461. The molecule has 2 N–H and O–H groups in total. The fourth-order valence-corrected chi connectivity index (χ4v) is 3.52. The lowest BCUT2D eigenvalue weighted by atomic mass is 10.1. The maximum atomic E-state index is 13.8. The van der Waals surface area contributed by atoms with E-state index in [0.717, 1.165) is 49.6 Å². The van der Waals surface area contributed by atoms with E-state index in [4.69, 9.17) is 4.74 Å². The zero-order chi connectivity index (χ0) is 20.6. The molecule has 2 aromatic carbocycles. The number of aliphatic imine (C=N–C) groups is 1. The van der Waals surface area contributed by atoms with Crippen molar-refractivity contribution in [2.45, 2.75) is 19.9 Å². The summed E-state index contributed by atoms with van der Waals surface area (Å²) in [6.07, 6.45) is 1.06. The number of ether oxygens (including phenoxy) is 1. The van der Waals surface area contributed by atoms with Crippen LogP contribution in [0.5, 0.6) is 5.75 Å². The van der Waals surface area contributed by atoms with Gasteiger partial charge in [0.15, 0.2) is 5.96 Å². The summed E-state index contributed by atoms with van der Waals surface area (Å²) in [7, 11) is 1.69. The van der Waals surface area contributed by atoms with Gasteiger partial charge in [0, 0.05) is 31.7 Å². The molecule has 2 aromatic rings. The molecule has 0 bridgehead atoms. The Morgan fingerprint density at radius 3 is 2.83 bits per heavy atom. The number of hydrogen-bond donors (Lipinski definition) is 2. The van der Waals surface area contributed by atoms with Crippen LogP contribution in [0.2, 0.25) is 0 Å². The Morgan fingerprint density at radius 2 is 2.03 bits per heavy atom. The van der Waals surface area contributed by atoms with E-state index in [1.807, 2.05) is 25.1 Å². The van der Waals surface area contributed by atoms with Crippen molar-refractivity contribution in [3.05, 3.63) is 59.7 Å². The van der Waals surface area contributed by atoms with E-state index in [1.165, 1.54) is 6.07 Å². The molecule has 156 valence electrons. The molecule has 1 aliphatic heterocycles. The Morgan fingerprint density at radius 1 is 1.21 bits per heavy atom. The van der Waals surface area contributed by atoms with E-state index in [9.17, 15) is 8.78 Å². The van der Waals surface area contributed by atoms with Crippen LogP contribution in [0.1, 0.15) is 18.9 Å². The van der Waals surface area contributed by atoms with E-state index in [-0.39, 0.29) is 12.1 Å². The lowest BCUT2D eigenvalue weighted by Gasteiger charge is -2.21. The quantitative estimate of drug-likeness (QED) is 0.549. The fraction of sp³-hybridized carbons (Fsp3) is 0.409. The fourth-order valence-electron chi connectivity index (χ4n) is 3.52. The molecular weight excluding hydrogens is 374 g/mol. The molecule has 1 atom stereocenters. The van der Waals surface area contributed by atoms with E-state index < -0.39 is 11.6 Å². The number of methoxy groups -OCH3 is 1. The summed E-state index contributed by atoms with van der Waals surface area (Å²) in [5.41, 5.74) is 1.35. The molecule has 0 aromatic heterocycles. The van der Waals surface area contributed by atoms with Gasteiger partial charge in [-0.05, 0) is 49.6 Å². The zero-order valence-electron chi connectivity index (χ0n) is 16.9. The average molecular weight is 402 g/mol. The molecule has 5 nitrogen and oxygen atoms in total. The third kappa shape index (κ3) is 5.59. The van der Waals surface area contributed by atoms with Crippen LogP contribution in [0.15, 0.2) is 47.5 Å². The predicted molar refractivity (Wildman–Crippen MR) is 112 cm³/mol. The molecule has 3 rings (SSSR count). The summed E-state index contributed by atoms with van der Waals surface area (Å²) in [5, 5.41) is 6.49. The molecule has 0 spiro atoms. The number of benzene rings is 2. The molecular formula is C22H28F2N4O. The highest BCUT2D eigenvalue weighted by Gasteiger charge is 2.24. The number of para-hydroxylation sites is 2. The maximum Gasteiger partial charge on any atom is 0.191 e. The van der Waals surface area contributed by atoms with Gasteiger partial charge in [0.1, 0.15) is 17.4 Å². The van der Waals surface area contributed by atoms with Gasteiger partial charge < -0.3 is 20.3 Å². The topological polar surface area (TPSA) is 48.9 Å². The minimum Gasteiger partial charge on any atom is -0.495 e. The number of halogens is 2. The normalized spacial score (nSPS) is 16.8. The van der Waals surface area contributed by atoms with Crippen LogP contribution in [-0.2, 0) is 6.54 Å². The highest BCUT2D eigenvalue weighted by molar-refractivity contribution is 5.79. The van der Waals surface area contributed by atoms with E-state index in [1.54, 1.807) is 7.11 Å². The van der Waals surface area contributed by atoms with Crippen molar-refractivity contribution in [3.63, 3.8) is 0 Å². The molecule has 0 radical (unpaired) electrons. The summed E-state index contributed by atoms with van der Waals surface area (Å²) >= 11 is 0. The Labute approximate surface area is 170 Å². The highest BCUT2D eigenvalue weighted by atomic mass is 19.1. The molecule has 0 aliphatic carbocycles. The Balaban J connectivity index is 1.57. The first-order chi connectivity index (χ1) is 14.1. The summed E-state index contributed by atoms with van der Waals surface area (Å²) in [4.78, 5) is 6.74. The van der Waals surface area contributed by atoms with Crippen molar-refractivity contribution in [2.24, 2.45) is 10.9 Å². The maximum absolute atomic E-state index is 13.8. The van der Waals surface area contributed by atoms with Gasteiger partial charge in [0.05, 0.1) is 19.3 Å². The van der Waals surface area contributed by atoms with E-state index in [0.29, 0.717) is 18.4 Å². The monoisotopic (exact) mass is 402 g/mol. The Kier molecular flexibility index (Phi) is 7.27. The second kappa shape index (κ2) is 10.1. The third-order valence-electron chi connectivity index (χ3n) is 5.03. The van der Waals surface area contributed by atoms with Crippen molar-refractivity contribution in [3.8, 4) is 5.75 Å². The zero-order valence-corrected chi connectivity index (χ0v) is 16.9. The van der Waals surface area contributed by atoms with Gasteiger partial charge >= 0.3 is 0 Å². The number of nitrogens with zero attached hydrogens (tertiary/aromatic N) is 2. The second-order valence-corrected chi connectivity index (χ2v) is 7.08. The van der Waals surface area contributed by atoms with Crippen molar-refractivity contribution in [1.82, 2.24) is 10.6 Å². The number of anilines is 1. The van der Waals surface area contributed by atoms with Crippen LogP contribution in [0.25, 0.3) is 0 Å². The summed E-state index contributed by atoms with van der Waals surface area (Å²) in [5.74, 6) is 1.03. The largest absolute Gasteiger partial charge is 0.495 e. The van der Waals surface area contributed by atoms with E-state index in [2.05, 4.69) is 26.6 Å². The van der Waals surface area contributed by atoms with Gasteiger partial charge in [0.25, 0.3) is 0 Å². The van der Waals surface area contributed by atoms with Gasteiger partial charge in [-0.2, -0.15) is 0 Å². The number of guanidine groups is 1. The second-order valence-electron chi connectivity index (χ2n) is 7.08. The molecule has 1 heterocycles. The van der Waals surface area contributed by atoms with Crippen LogP contribution in [-0.4, -0.2) is 39.2 Å². The molecule has 0 saturated carbocycles. The third-order valence-corrected chi connectivity index (χ3v) is 5.03. The van der Waals surface area contributed by atoms with Gasteiger partial charge in [0.2, 0.25) is 0 Å². The highest BCUT2D eigenvalue weighted by Crippen LogP contribution is 2.31. The van der Waals surface area contributed by atoms with Crippen molar-refractivity contribution in [1.29, 1.82) is 0 Å². The van der Waals surface area contributed by atoms with Gasteiger partial charge in [-0.3, -0.25) is 0 Å². The molecule has 29 heavy (non-hydrogen) atoms. The van der Waals surface area contributed by atoms with Crippen LogP contribution < -0.4 is 20.3 Å². The van der Waals surface area contributed by atoms with Crippen molar-refractivity contribution in [2.75, 3.05) is 38.2 Å². The summed E-state index contributed by atoms with van der Waals surface area (Å²) < 4.78 is 32.6. The molecule has 1 fully saturated rings. The molecule has 7 heteroatoms. The molecule has 1 saturated heterocycles. The number of rotatable bonds is 7. The van der Waals surface area contributed by atoms with Crippen molar-refractivity contribution < 1.29 is 13.5 Å². The van der Waals surface area contributed by atoms with Gasteiger partial charge in [-0.25, -0.2) is 13.8 Å². The van der Waals surface area contributed by atoms with Crippen LogP contribution in [0.4, 0.5) is 14.5 Å². The van der Waals surface area contributed by atoms with Crippen LogP contribution in [0.3, 0.4) is 0 Å². The lowest BCUT2D eigenvalue weighted by molar-refractivity contribution is 0.414. The van der Waals surface area contributed by atoms with Crippen LogP contribution >= 0.6 is 0 Å². The minimum absolute atomic E-state index is 0.0803. The van der Waals surface area contributed by atoms with Gasteiger partial charge in [-0.15, -0.1) is 0 Å².